The third-order valence-electron chi connectivity index (χ3n) is 6.99. The minimum absolute atomic E-state index is 0.181. The van der Waals surface area contributed by atoms with Crippen LogP contribution in [0.2, 0.25) is 0 Å². The summed E-state index contributed by atoms with van der Waals surface area (Å²) >= 11 is 0. The molecule has 1 saturated carbocycles. The maximum atomic E-state index is 13.3. The molecular weight excluding hydrogens is 470 g/mol. The van der Waals surface area contributed by atoms with Crippen molar-refractivity contribution in [2.45, 2.75) is 25.7 Å². The van der Waals surface area contributed by atoms with Crippen molar-refractivity contribution in [3.8, 4) is 11.4 Å². The second-order valence-corrected chi connectivity index (χ2v) is 9.47. The number of piperazine rings is 1. The van der Waals surface area contributed by atoms with E-state index >= 15 is 0 Å². The number of hydrogen-bond donors (Lipinski definition) is 1. The molecule has 4 aromatic rings. The van der Waals surface area contributed by atoms with Gasteiger partial charge in [0.1, 0.15) is 17.1 Å². The number of nitrogens with one attached hydrogen (secondary N) is 1. The molecule has 2 aliphatic rings. The number of fused-ring (bicyclic) bond motifs is 1. The summed E-state index contributed by atoms with van der Waals surface area (Å²) < 4.78 is 0. The molecule has 10 nitrogen and oxygen atoms in total. The number of Topliss-reactive ketones (excluding diaryl/α,β-unsaturated/α-hetero) is 1. The number of hydrogen-bond acceptors (Lipinski definition) is 7. The third-order valence-corrected chi connectivity index (χ3v) is 6.99. The van der Waals surface area contributed by atoms with Crippen molar-refractivity contribution in [2.75, 3.05) is 26.2 Å². The van der Waals surface area contributed by atoms with E-state index in [4.69, 9.17) is 0 Å². The second kappa shape index (κ2) is 9.20. The number of carbonyl (C=O) groups excluding carboxylic acids is 3. The number of aromatic nitrogens is 5. The average Bonchev–Trinajstić information content (AvgIpc) is 3.71. The summed E-state index contributed by atoms with van der Waals surface area (Å²) in [4.78, 5) is 63.2. The molecule has 6 rings (SSSR count). The van der Waals surface area contributed by atoms with Gasteiger partial charge < -0.3 is 14.8 Å². The van der Waals surface area contributed by atoms with Crippen molar-refractivity contribution < 1.29 is 14.4 Å². The van der Waals surface area contributed by atoms with Crippen LogP contribution in [0.25, 0.3) is 22.3 Å². The topological polar surface area (TPSA) is 125 Å². The normalized spacial score (nSPS) is 15.7. The highest BCUT2D eigenvalue weighted by Crippen LogP contribution is 2.39. The Morgan fingerprint density at radius 2 is 1.70 bits per heavy atom. The summed E-state index contributed by atoms with van der Waals surface area (Å²) in [5.41, 5.74) is 4.28. The molecule has 1 saturated heterocycles. The van der Waals surface area contributed by atoms with Crippen LogP contribution in [0, 0.1) is 6.92 Å². The van der Waals surface area contributed by atoms with Gasteiger partial charge in [0.25, 0.3) is 17.6 Å². The zero-order valence-electron chi connectivity index (χ0n) is 20.3. The minimum atomic E-state index is -0.592. The van der Waals surface area contributed by atoms with Gasteiger partial charge in [-0.05, 0) is 37.5 Å². The van der Waals surface area contributed by atoms with Crippen LogP contribution < -0.4 is 0 Å². The van der Waals surface area contributed by atoms with Crippen LogP contribution in [-0.4, -0.2) is 78.5 Å². The zero-order chi connectivity index (χ0) is 25.5. The number of aromatic amines is 1. The lowest BCUT2D eigenvalue weighted by Crippen LogP contribution is -2.52. The van der Waals surface area contributed by atoms with Gasteiger partial charge in [-0.15, -0.1) is 0 Å². The molecule has 2 fully saturated rings. The number of aryl methyl sites for hydroxylation is 1. The van der Waals surface area contributed by atoms with Gasteiger partial charge in [-0.2, -0.15) is 0 Å². The highest BCUT2D eigenvalue weighted by atomic mass is 16.2. The first kappa shape index (κ1) is 23.0. The van der Waals surface area contributed by atoms with Gasteiger partial charge in [0.15, 0.2) is 0 Å². The van der Waals surface area contributed by atoms with Gasteiger partial charge in [-0.1, -0.05) is 6.07 Å². The Bertz CT molecular complexity index is 1500. The van der Waals surface area contributed by atoms with E-state index in [0.717, 1.165) is 24.1 Å². The second-order valence-electron chi connectivity index (χ2n) is 9.47. The molecule has 0 atom stereocenters. The fourth-order valence-electron chi connectivity index (χ4n) is 4.76. The zero-order valence-corrected chi connectivity index (χ0v) is 20.3. The first-order valence-electron chi connectivity index (χ1n) is 12.3. The smallest absolute Gasteiger partial charge is 0.295 e. The Hall–Kier alpha value is -4.47. The van der Waals surface area contributed by atoms with E-state index in [1.165, 1.54) is 4.90 Å². The van der Waals surface area contributed by atoms with E-state index in [1.807, 2.05) is 6.92 Å². The largest absolute Gasteiger partial charge is 0.359 e. The number of H-pyrrole nitrogens is 1. The molecule has 0 unspecified atom stereocenters. The molecule has 1 aliphatic carbocycles. The molecule has 186 valence electrons. The SMILES string of the molecule is Cc1cnc(-c2cnc(C3CC3)cn2)c2[nH]cc(C(=O)C(=O)N3CCN(C(=O)c4ccccn4)CC3)c12. The molecule has 5 heterocycles. The van der Waals surface area contributed by atoms with Gasteiger partial charge in [-0.25, -0.2) is 0 Å². The summed E-state index contributed by atoms with van der Waals surface area (Å²) in [7, 11) is 0. The van der Waals surface area contributed by atoms with Crippen molar-refractivity contribution in [3.05, 3.63) is 71.7 Å². The number of ketones is 1. The van der Waals surface area contributed by atoms with E-state index < -0.39 is 11.7 Å². The van der Waals surface area contributed by atoms with E-state index in [2.05, 4.69) is 24.9 Å². The molecule has 2 amide bonds. The maximum Gasteiger partial charge on any atom is 0.295 e. The van der Waals surface area contributed by atoms with Gasteiger partial charge in [0.2, 0.25) is 0 Å². The van der Waals surface area contributed by atoms with Gasteiger partial charge in [0.05, 0.1) is 23.0 Å². The number of pyridine rings is 2. The minimum Gasteiger partial charge on any atom is -0.359 e. The summed E-state index contributed by atoms with van der Waals surface area (Å²) in [6.45, 7) is 3.09. The van der Waals surface area contributed by atoms with Gasteiger partial charge in [-0.3, -0.25) is 34.3 Å². The Morgan fingerprint density at radius 3 is 2.38 bits per heavy atom. The van der Waals surface area contributed by atoms with Crippen LogP contribution in [0.1, 0.15) is 50.9 Å². The summed E-state index contributed by atoms with van der Waals surface area (Å²) in [5.74, 6) is -0.855. The molecule has 37 heavy (non-hydrogen) atoms. The van der Waals surface area contributed by atoms with Crippen LogP contribution in [0.4, 0.5) is 0 Å². The number of amides is 2. The predicted octanol–water partition coefficient (Wildman–Crippen LogP) is 2.77. The summed E-state index contributed by atoms with van der Waals surface area (Å²) in [6, 6.07) is 5.18. The van der Waals surface area contributed by atoms with Crippen molar-refractivity contribution in [1.82, 2.24) is 34.7 Å². The molecular formula is C27H25N7O3. The molecule has 10 heteroatoms. The maximum absolute atomic E-state index is 13.3. The number of nitrogens with zero attached hydrogens (tertiary/aromatic N) is 6. The Kier molecular flexibility index (Phi) is 5.71. The van der Waals surface area contributed by atoms with Crippen molar-refractivity contribution in [1.29, 1.82) is 0 Å². The van der Waals surface area contributed by atoms with Crippen LogP contribution >= 0.6 is 0 Å². The molecule has 0 aromatic carbocycles. The molecule has 0 radical (unpaired) electrons. The summed E-state index contributed by atoms with van der Waals surface area (Å²) in [5, 5.41) is 0.653. The Labute approximate surface area is 212 Å². The van der Waals surface area contributed by atoms with Crippen LogP contribution in [0.5, 0.6) is 0 Å². The van der Waals surface area contributed by atoms with E-state index in [1.54, 1.807) is 54.1 Å². The highest BCUT2D eigenvalue weighted by molar-refractivity contribution is 6.45. The molecule has 0 spiro atoms. The monoisotopic (exact) mass is 495 g/mol. The third kappa shape index (κ3) is 4.24. The van der Waals surface area contributed by atoms with E-state index in [-0.39, 0.29) is 19.0 Å². The van der Waals surface area contributed by atoms with Crippen LogP contribution in [-0.2, 0) is 4.79 Å². The van der Waals surface area contributed by atoms with Gasteiger partial charge in [0, 0.05) is 62.3 Å². The number of rotatable bonds is 5. The standard InChI is InChI=1S/C27H25N7O3/c1-16-12-31-23(21-15-29-20(14-30-21)17-5-6-17)24-22(16)18(13-32-24)25(35)27(37)34-10-8-33(9-11-34)26(36)19-4-2-3-7-28-19/h2-4,7,12-15,17,32H,5-6,8-11H2,1H3. The van der Waals surface area contributed by atoms with Crippen LogP contribution in [0.3, 0.4) is 0 Å². The van der Waals surface area contributed by atoms with Gasteiger partial charge >= 0.3 is 0 Å². The first-order chi connectivity index (χ1) is 18.0. The molecule has 1 aliphatic heterocycles. The quantitative estimate of drug-likeness (QED) is 0.333. The lowest BCUT2D eigenvalue weighted by Gasteiger charge is -2.34. The Morgan fingerprint density at radius 1 is 0.919 bits per heavy atom. The fraction of sp³-hybridized carbons (Fsp3) is 0.296. The predicted molar refractivity (Wildman–Crippen MR) is 135 cm³/mol. The molecule has 1 N–H and O–H groups in total. The van der Waals surface area contributed by atoms with Crippen molar-refractivity contribution in [2.24, 2.45) is 0 Å². The summed E-state index contributed by atoms with van der Waals surface area (Å²) in [6.07, 6.45) is 10.6. The molecule has 4 aromatic heterocycles. The lowest BCUT2D eigenvalue weighted by atomic mass is 10.0. The fourth-order valence-corrected chi connectivity index (χ4v) is 4.76. The first-order valence-corrected chi connectivity index (χ1v) is 12.3. The Balaban J connectivity index is 1.20. The van der Waals surface area contributed by atoms with Crippen molar-refractivity contribution >= 4 is 28.5 Å². The average molecular weight is 496 g/mol. The van der Waals surface area contributed by atoms with Crippen molar-refractivity contribution in [3.63, 3.8) is 0 Å². The molecule has 0 bridgehead atoms. The lowest BCUT2D eigenvalue weighted by molar-refractivity contribution is -0.127. The van der Waals surface area contributed by atoms with E-state index in [9.17, 15) is 14.4 Å². The van der Waals surface area contributed by atoms with E-state index in [0.29, 0.717) is 52.6 Å². The van der Waals surface area contributed by atoms with Crippen LogP contribution in [0.15, 0.2) is 49.2 Å². The number of carbonyl (C=O) groups is 3. The highest BCUT2D eigenvalue weighted by Gasteiger charge is 2.31.